The quantitative estimate of drug-likeness (QED) is 0.322. The Balaban J connectivity index is 1.39. The summed E-state index contributed by atoms with van der Waals surface area (Å²) in [6.07, 6.45) is 7.05. The number of epoxide rings is 1. The highest BCUT2D eigenvalue weighted by Crippen LogP contribution is 2.86. The van der Waals surface area contributed by atoms with Gasteiger partial charge in [0.1, 0.15) is 11.2 Å². The molecular formula is C30H44O5. The highest BCUT2D eigenvalue weighted by molar-refractivity contribution is 5.89. The van der Waals surface area contributed by atoms with E-state index in [4.69, 9.17) is 9.47 Å². The number of carbonyl (C=O) groups excluding carboxylic acids is 2. The van der Waals surface area contributed by atoms with Gasteiger partial charge >= 0.3 is 5.97 Å². The lowest BCUT2D eigenvalue weighted by Gasteiger charge is -2.64. The van der Waals surface area contributed by atoms with Crippen LogP contribution in [0.15, 0.2) is 12.2 Å². The van der Waals surface area contributed by atoms with Crippen molar-refractivity contribution in [1.82, 2.24) is 0 Å². The molecule has 0 radical (unpaired) electrons. The summed E-state index contributed by atoms with van der Waals surface area (Å²) in [4.78, 5) is 27.2. The number of hydrogen-bond donors (Lipinski definition) is 1. The van der Waals surface area contributed by atoms with Crippen molar-refractivity contribution in [3.63, 3.8) is 0 Å². The molecule has 0 aromatic carbocycles. The molecule has 4 saturated carbocycles. The lowest BCUT2D eigenvalue weighted by molar-refractivity contribution is -0.214. The van der Waals surface area contributed by atoms with E-state index in [0.717, 1.165) is 56.9 Å². The number of esters is 1. The Morgan fingerprint density at radius 2 is 1.80 bits per heavy atom. The minimum atomic E-state index is -0.615. The van der Waals surface area contributed by atoms with Crippen LogP contribution in [-0.4, -0.2) is 40.3 Å². The molecule has 1 N–H and O–H groups in total. The monoisotopic (exact) mass is 484 g/mol. The van der Waals surface area contributed by atoms with Crippen LogP contribution in [0.2, 0.25) is 0 Å². The molecule has 2 bridgehead atoms. The van der Waals surface area contributed by atoms with Gasteiger partial charge < -0.3 is 14.6 Å². The van der Waals surface area contributed by atoms with Crippen LogP contribution >= 0.6 is 0 Å². The van der Waals surface area contributed by atoms with E-state index < -0.39 is 28.1 Å². The van der Waals surface area contributed by atoms with Crippen molar-refractivity contribution in [2.75, 3.05) is 0 Å². The van der Waals surface area contributed by atoms with E-state index in [9.17, 15) is 14.7 Å². The van der Waals surface area contributed by atoms with E-state index in [1.54, 1.807) is 0 Å². The molecule has 6 rings (SSSR count). The summed E-state index contributed by atoms with van der Waals surface area (Å²) in [7, 11) is 0. The van der Waals surface area contributed by atoms with E-state index in [-0.39, 0.29) is 28.8 Å². The Kier molecular flexibility index (Phi) is 4.70. The fourth-order valence-corrected chi connectivity index (χ4v) is 11.0. The summed E-state index contributed by atoms with van der Waals surface area (Å²) in [5.74, 6) is 1.30. The normalized spacial score (nSPS) is 52.5. The van der Waals surface area contributed by atoms with Crippen LogP contribution in [0.3, 0.4) is 0 Å². The van der Waals surface area contributed by atoms with Crippen molar-refractivity contribution in [3.8, 4) is 0 Å². The molecule has 10 atom stereocenters. The second-order valence-corrected chi connectivity index (χ2v) is 14.3. The van der Waals surface area contributed by atoms with Gasteiger partial charge in [0.05, 0.1) is 12.2 Å². The number of carbonyl (C=O) groups is 2. The average molecular weight is 485 g/mol. The summed E-state index contributed by atoms with van der Waals surface area (Å²) in [5.41, 5.74) is -1.75. The number of fused-ring (bicyclic) bond motifs is 1. The van der Waals surface area contributed by atoms with Gasteiger partial charge in [0, 0.05) is 17.3 Å². The standard InChI is InChI=1S/C30H44O5/c1-17(2)20(31)9-8-18(3)19-10-13-28-24(33)35-29(15-14-26(19,28)6)27(7)12-11-22(32)25(4,5)21(27)16-23-30(28,29)34-23/h18-21,23,31H,1,8-16H2,2-7H3. The highest BCUT2D eigenvalue weighted by atomic mass is 16.7. The maximum atomic E-state index is 14.2. The van der Waals surface area contributed by atoms with Gasteiger partial charge in [-0.25, -0.2) is 0 Å². The summed E-state index contributed by atoms with van der Waals surface area (Å²) in [6, 6.07) is 0. The molecule has 0 amide bonds. The van der Waals surface area contributed by atoms with E-state index in [1.165, 1.54) is 0 Å². The molecule has 6 fully saturated rings. The van der Waals surface area contributed by atoms with Crippen LogP contribution in [0.5, 0.6) is 0 Å². The molecule has 10 unspecified atom stereocenters. The Labute approximate surface area is 210 Å². The van der Waals surface area contributed by atoms with Gasteiger partial charge in [-0.05, 0) is 81.5 Å². The van der Waals surface area contributed by atoms with Crippen molar-refractivity contribution in [2.24, 2.45) is 39.4 Å². The van der Waals surface area contributed by atoms with Crippen LogP contribution < -0.4 is 0 Å². The van der Waals surface area contributed by atoms with E-state index >= 15 is 0 Å². The molecule has 194 valence electrons. The van der Waals surface area contributed by atoms with Gasteiger partial charge in [-0.1, -0.05) is 46.8 Å². The van der Waals surface area contributed by atoms with Crippen LogP contribution in [0.1, 0.15) is 99.3 Å². The second-order valence-electron chi connectivity index (χ2n) is 14.3. The van der Waals surface area contributed by atoms with E-state index in [1.807, 2.05) is 6.92 Å². The molecule has 35 heavy (non-hydrogen) atoms. The molecule has 6 aliphatic rings. The lowest BCUT2D eigenvalue weighted by Crippen LogP contribution is -2.72. The molecule has 4 aliphatic carbocycles. The third kappa shape index (κ3) is 2.36. The van der Waals surface area contributed by atoms with Crippen molar-refractivity contribution >= 4 is 11.8 Å². The van der Waals surface area contributed by atoms with Crippen LogP contribution in [0, 0.1) is 39.4 Å². The Morgan fingerprint density at radius 1 is 1.09 bits per heavy atom. The highest BCUT2D eigenvalue weighted by Gasteiger charge is 2.97. The summed E-state index contributed by atoms with van der Waals surface area (Å²) >= 11 is 0. The second kappa shape index (κ2) is 6.81. The summed E-state index contributed by atoms with van der Waals surface area (Å²) in [6.45, 7) is 17.0. The molecule has 2 heterocycles. The van der Waals surface area contributed by atoms with Crippen LogP contribution in [0.4, 0.5) is 0 Å². The van der Waals surface area contributed by atoms with Crippen LogP contribution in [-0.2, 0) is 19.1 Å². The van der Waals surface area contributed by atoms with Crippen molar-refractivity contribution in [3.05, 3.63) is 12.2 Å². The zero-order valence-corrected chi connectivity index (χ0v) is 22.5. The summed E-state index contributed by atoms with van der Waals surface area (Å²) < 4.78 is 13.5. The van der Waals surface area contributed by atoms with Gasteiger partial charge in [0.25, 0.3) is 0 Å². The first-order valence-corrected chi connectivity index (χ1v) is 14.0. The topological polar surface area (TPSA) is 76.1 Å². The zero-order chi connectivity index (χ0) is 25.4. The Hall–Kier alpha value is -1.20. The number of hydrogen-bond acceptors (Lipinski definition) is 5. The third-order valence-electron chi connectivity index (χ3n) is 12.9. The van der Waals surface area contributed by atoms with Crippen molar-refractivity contribution < 1.29 is 24.2 Å². The molecule has 5 heteroatoms. The SMILES string of the molecule is C=C(C)C(O)CCC(C)C1CCC23C(=O)OC4(CCC12C)C1(C)CCC(=O)C(C)(C)C1CC1OC143. The largest absolute Gasteiger partial charge is 0.455 e. The fraction of sp³-hybridized carbons (Fsp3) is 0.867. The number of aliphatic hydroxyl groups excluding tert-OH is 1. The molecule has 0 aromatic rings. The van der Waals surface area contributed by atoms with Gasteiger partial charge in [-0.15, -0.1) is 0 Å². The van der Waals surface area contributed by atoms with Crippen molar-refractivity contribution in [2.45, 2.75) is 123 Å². The minimum absolute atomic E-state index is 0.0103. The fourth-order valence-electron chi connectivity index (χ4n) is 11.0. The third-order valence-corrected chi connectivity index (χ3v) is 12.9. The Morgan fingerprint density at radius 3 is 2.49 bits per heavy atom. The first kappa shape index (κ1) is 24.2. The van der Waals surface area contributed by atoms with Gasteiger partial charge in [0.15, 0.2) is 11.2 Å². The lowest BCUT2D eigenvalue weighted by atomic mass is 9.37. The first-order valence-electron chi connectivity index (χ1n) is 14.0. The molecule has 2 saturated heterocycles. The maximum absolute atomic E-state index is 14.2. The first-order chi connectivity index (χ1) is 16.3. The average Bonchev–Trinajstić information content (AvgIpc) is 3.39. The predicted octanol–water partition coefficient (Wildman–Crippen LogP) is 5.38. The smallest absolute Gasteiger partial charge is 0.316 e. The Bertz CT molecular complexity index is 1020. The zero-order valence-electron chi connectivity index (χ0n) is 22.5. The van der Waals surface area contributed by atoms with Gasteiger partial charge in [0.2, 0.25) is 0 Å². The number of aliphatic hydroxyl groups is 1. The van der Waals surface area contributed by atoms with E-state index in [0.29, 0.717) is 24.0 Å². The number of ether oxygens (including phenoxy) is 2. The van der Waals surface area contributed by atoms with Gasteiger partial charge in [-0.2, -0.15) is 0 Å². The summed E-state index contributed by atoms with van der Waals surface area (Å²) in [5, 5.41) is 10.3. The minimum Gasteiger partial charge on any atom is -0.455 e. The molecule has 5 nitrogen and oxygen atoms in total. The number of Topliss-reactive ketones (excluding diaryl/α,β-unsaturated/α-hetero) is 1. The van der Waals surface area contributed by atoms with Crippen LogP contribution in [0.25, 0.3) is 0 Å². The molecule has 2 spiro atoms. The number of ketones is 1. The number of rotatable bonds is 5. The van der Waals surface area contributed by atoms with Gasteiger partial charge in [-0.3, -0.25) is 9.59 Å². The molecule has 2 aliphatic heterocycles. The van der Waals surface area contributed by atoms with E-state index in [2.05, 4.69) is 41.2 Å². The maximum Gasteiger partial charge on any atom is 0.316 e. The molecular weight excluding hydrogens is 440 g/mol. The predicted molar refractivity (Wildman–Crippen MR) is 132 cm³/mol. The van der Waals surface area contributed by atoms with Crippen molar-refractivity contribution in [1.29, 1.82) is 0 Å². The molecule has 0 aromatic heterocycles.